The van der Waals surface area contributed by atoms with E-state index in [1.54, 1.807) is 4.90 Å². The van der Waals surface area contributed by atoms with Crippen molar-refractivity contribution in [2.45, 2.75) is 6.92 Å². The minimum absolute atomic E-state index is 0.596. The van der Waals surface area contributed by atoms with Gasteiger partial charge in [0.1, 0.15) is 5.82 Å². The first kappa shape index (κ1) is 14.3. The summed E-state index contributed by atoms with van der Waals surface area (Å²) >= 11 is 0. The van der Waals surface area contributed by atoms with E-state index in [4.69, 9.17) is 0 Å². The van der Waals surface area contributed by atoms with Crippen molar-refractivity contribution in [3.05, 3.63) is 42.1 Å². The molecule has 1 fully saturated rings. The van der Waals surface area contributed by atoms with Crippen molar-refractivity contribution in [1.29, 1.82) is 0 Å². The summed E-state index contributed by atoms with van der Waals surface area (Å²) in [4.78, 5) is 23.8. The molecule has 1 aliphatic rings. The van der Waals surface area contributed by atoms with Gasteiger partial charge < -0.3 is 15.1 Å². The summed E-state index contributed by atoms with van der Waals surface area (Å²) < 4.78 is 0. The van der Waals surface area contributed by atoms with Gasteiger partial charge >= 0.3 is 0 Å². The van der Waals surface area contributed by atoms with Gasteiger partial charge in [-0.3, -0.25) is 4.79 Å². The zero-order valence-electron chi connectivity index (χ0n) is 12.6. The highest BCUT2D eigenvalue weighted by Crippen LogP contribution is 2.19. The molecule has 1 saturated heterocycles. The van der Waals surface area contributed by atoms with Crippen molar-refractivity contribution in [1.82, 2.24) is 14.9 Å². The molecule has 0 saturated carbocycles. The molecule has 0 bridgehead atoms. The second-order valence-corrected chi connectivity index (χ2v) is 5.31. The Hall–Kier alpha value is -2.63. The van der Waals surface area contributed by atoms with E-state index in [1.165, 1.54) is 0 Å². The average Bonchev–Trinajstić information content (AvgIpc) is 2.55. The summed E-state index contributed by atoms with van der Waals surface area (Å²) in [5.74, 6) is 1.50. The molecule has 1 amide bonds. The summed E-state index contributed by atoms with van der Waals surface area (Å²) in [6.07, 6.45) is 0.908. The van der Waals surface area contributed by atoms with Crippen molar-refractivity contribution >= 4 is 23.9 Å². The molecule has 0 atom stereocenters. The van der Waals surface area contributed by atoms with Crippen LogP contribution in [-0.4, -0.2) is 47.5 Å². The number of piperazine rings is 1. The molecule has 1 aromatic heterocycles. The van der Waals surface area contributed by atoms with Crippen molar-refractivity contribution in [3.8, 4) is 0 Å². The van der Waals surface area contributed by atoms with Crippen molar-refractivity contribution in [2.75, 3.05) is 36.4 Å². The Morgan fingerprint density at radius 3 is 2.50 bits per heavy atom. The van der Waals surface area contributed by atoms with Gasteiger partial charge in [-0.1, -0.05) is 18.2 Å². The first-order valence-corrected chi connectivity index (χ1v) is 7.36. The van der Waals surface area contributed by atoms with Crippen LogP contribution in [0, 0.1) is 6.92 Å². The Kier molecular flexibility index (Phi) is 4.18. The number of aromatic nitrogens is 2. The van der Waals surface area contributed by atoms with E-state index in [1.807, 2.05) is 43.3 Å². The van der Waals surface area contributed by atoms with Crippen LogP contribution in [-0.2, 0) is 4.79 Å². The molecule has 0 unspecified atom stereocenters. The monoisotopic (exact) mass is 297 g/mol. The number of carbonyl (C=O) groups is 1. The Morgan fingerprint density at radius 2 is 1.82 bits per heavy atom. The van der Waals surface area contributed by atoms with Crippen molar-refractivity contribution in [2.24, 2.45) is 0 Å². The van der Waals surface area contributed by atoms with Crippen LogP contribution in [0.3, 0.4) is 0 Å². The minimum Gasteiger partial charge on any atom is -0.353 e. The fourth-order valence-corrected chi connectivity index (χ4v) is 2.48. The van der Waals surface area contributed by atoms with Crippen LogP contribution in [0.2, 0.25) is 0 Å². The number of hydrogen-bond acceptors (Lipinski definition) is 5. The number of rotatable bonds is 4. The first-order chi connectivity index (χ1) is 10.7. The quantitative estimate of drug-likeness (QED) is 0.872. The molecule has 1 N–H and O–H groups in total. The number of amides is 1. The zero-order chi connectivity index (χ0) is 15.4. The molecule has 2 heterocycles. The van der Waals surface area contributed by atoms with Gasteiger partial charge in [0, 0.05) is 43.6 Å². The lowest BCUT2D eigenvalue weighted by atomic mass is 10.3. The van der Waals surface area contributed by atoms with Crippen LogP contribution in [0.5, 0.6) is 0 Å². The molecule has 0 radical (unpaired) electrons. The van der Waals surface area contributed by atoms with Crippen LogP contribution >= 0.6 is 0 Å². The molecular weight excluding hydrogens is 278 g/mol. The fourth-order valence-electron chi connectivity index (χ4n) is 2.48. The van der Waals surface area contributed by atoms with E-state index in [2.05, 4.69) is 20.2 Å². The van der Waals surface area contributed by atoms with E-state index >= 15 is 0 Å². The molecule has 1 aliphatic heterocycles. The van der Waals surface area contributed by atoms with Crippen molar-refractivity contribution in [3.63, 3.8) is 0 Å². The van der Waals surface area contributed by atoms with Crippen LogP contribution in [0.1, 0.15) is 5.69 Å². The van der Waals surface area contributed by atoms with Crippen molar-refractivity contribution < 1.29 is 4.79 Å². The zero-order valence-corrected chi connectivity index (χ0v) is 12.6. The van der Waals surface area contributed by atoms with E-state index in [9.17, 15) is 4.79 Å². The maximum Gasteiger partial charge on any atom is 0.229 e. The maximum absolute atomic E-state index is 10.8. The van der Waals surface area contributed by atoms with Gasteiger partial charge in [0.05, 0.1) is 0 Å². The van der Waals surface area contributed by atoms with E-state index in [0.29, 0.717) is 5.95 Å². The molecule has 3 rings (SSSR count). The van der Waals surface area contributed by atoms with Gasteiger partial charge in [-0.25, -0.2) is 4.98 Å². The highest BCUT2D eigenvalue weighted by Gasteiger charge is 2.17. The topological polar surface area (TPSA) is 61.4 Å². The largest absolute Gasteiger partial charge is 0.353 e. The average molecular weight is 297 g/mol. The molecule has 6 nitrogen and oxygen atoms in total. The predicted octanol–water partition coefficient (Wildman–Crippen LogP) is 1.81. The number of nitrogens with one attached hydrogen (secondary N) is 1. The van der Waals surface area contributed by atoms with E-state index in [-0.39, 0.29) is 0 Å². The van der Waals surface area contributed by atoms with Crippen LogP contribution in [0.4, 0.5) is 17.5 Å². The van der Waals surface area contributed by atoms with Gasteiger partial charge in [-0.15, -0.1) is 0 Å². The number of benzene rings is 1. The number of carbonyl (C=O) groups excluding carboxylic acids is 1. The molecular formula is C16H19N5O. The Morgan fingerprint density at radius 1 is 1.09 bits per heavy atom. The van der Waals surface area contributed by atoms with Gasteiger partial charge in [0.15, 0.2) is 0 Å². The highest BCUT2D eigenvalue weighted by atomic mass is 16.1. The molecule has 1 aromatic carbocycles. The summed E-state index contributed by atoms with van der Waals surface area (Å²) in [5, 5.41) is 3.23. The van der Waals surface area contributed by atoms with Gasteiger partial charge in [-0.2, -0.15) is 4.98 Å². The predicted molar refractivity (Wildman–Crippen MR) is 86.3 cm³/mol. The highest BCUT2D eigenvalue weighted by molar-refractivity contribution is 5.56. The molecule has 2 aromatic rings. The summed E-state index contributed by atoms with van der Waals surface area (Å²) in [5.41, 5.74) is 1.88. The number of nitrogens with zero attached hydrogens (tertiary/aromatic N) is 4. The van der Waals surface area contributed by atoms with Crippen LogP contribution in [0.15, 0.2) is 36.4 Å². The third kappa shape index (κ3) is 3.33. The smallest absolute Gasteiger partial charge is 0.229 e. The van der Waals surface area contributed by atoms with Gasteiger partial charge in [-0.05, 0) is 19.1 Å². The normalized spacial score (nSPS) is 14.8. The first-order valence-electron chi connectivity index (χ1n) is 7.36. The molecule has 114 valence electrons. The fraction of sp³-hybridized carbons (Fsp3) is 0.312. The number of aryl methyl sites for hydroxylation is 1. The van der Waals surface area contributed by atoms with Crippen LogP contribution < -0.4 is 10.2 Å². The summed E-state index contributed by atoms with van der Waals surface area (Å²) in [6, 6.07) is 11.9. The van der Waals surface area contributed by atoms with E-state index < -0.39 is 0 Å². The maximum atomic E-state index is 10.8. The van der Waals surface area contributed by atoms with Crippen LogP contribution in [0.25, 0.3) is 0 Å². The second-order valence-electron chi connectivity index (χ2n) is 5.31. The Balaban J connectivity index is 1.77. The molecule has 0 spiro atoms. The summed E-state index contributed by atoms with van der Waals surface area (Å²) in [7, 11) is 0. The number of hydrogen-bond donors (Lipinski definition) is 1. The standard InChI is InChI=1S/C16H19N5O/c1-13-11-15(21-9-7-20(12-22)8-10-21)19-16(17-13)18-14-5-3-2-4-6-14/h2-6,11-12H,7-10H2,1H3,(H,17,18,19). The molecule has 6 heteroatoms. The molecule has 22 heavy (non-hydrogen) atoms. The lowest BCUT2D eigenvalue weighted by Crippen LogP contribution is -2.46. The van der Waals surface area contributed by atoms with Gasteiger partial charge in [0.2, 0.25) is 12.4 Å². The number of para-hydroxylation sites is 1. The second kappa shape index (κ2) is 6.43. The number of anilines is 3. The van der Waals surface area contributed by atoms with E-state index in [0.717, 1.165) is 49.8 Å². The van der Waals surface area contributed by atoms with Gasteiger partial charge in [0.25, 0.3) is 0 Å². The third-order valence-electron chi connectivity index (χ3n) is 3.66. The molecule has 0 aliphatic carbocycles. The lowest BCUT2D eigenvalue weighted by Gasteiger charge is -2.33. The lowest BCUT2D eigenvalue weighted by molar-refractivity contribution is -0.118. The third-order valence-corrected chi connectivity index (χ3v) is 3.66. The Bertz CT molecular complexity index is 638. The minimum atomic E-state index is 0.596. The summed E-state index contributed by atoms with van der Waals surface area (Å²) in [6.45, 7) is 5.00. The SMILES string of the molecule is Cc1cc(N2CCN(C=O)CC2)nc(Nc2ccccc2)n1. The Labute approximate surface area is 129 Å².